The Balaban J connectivity index is 1.96. The first-order valence-corrected chi connectivity index (χ1v) is 5.33. The second-order valence-corrected chi connectivity index (χ2v) is 3.92. The monoisotopic (exact) mass is 191 g/mol. The molecule has 0 aromatic heterocycles. The van der Waals surface area contributed by atoms with E-state index in [4.69, 9.17) is 10.5 Å². The molecule has 1 fully saturated rings. The molecule has 0 spiro atoms. The van der Waals surface area contributed by atoms with Crippen molar-refractivity contribution in [2.24, 2.45) is 5.73 Å². The molecule has 2 rings (SSSR count). The van der Waals surface area contributed by atoms with Gasteiger partial charge < -0.3 is 10.5 Å². The average molecular weight is 191 g/mol. The Bertz CT molecular complexity index is 273. The van der Waals surface area contributed by atoms with Gasteiger partial charge in [0.2, 0.25) is 0 Å². The lowest BCUT2D eigenvalue weighted by Gasteiger charge is -2.29. The lowest BCUT2D eigenvalue weighted by atomic mass is 9.93. The van der Waals surface area contributed by atoms with Crippen molar-refractivity contribution in [1.29, 1.82) is 0 Å². The Morgan fingerprint density at radius 1 is 1.07 bits per heavy atom. The zero-order valence-corrected chi connectivity index (χ0v) is 8.36. The van der Waals surface area contributed by atoms with Gasteiger partial charge in [-0.05, 0) is 31.4 Å². The van der Waals surface area contributed by atoms with Gasteiger partial charge in [0, 0.05) is 6.04 Å². The first-order valence-electron chi connectivity index (χ1n) is 5.33. The van der Waals surface area contributed by atoms with E-state index in [1.165, 1.54) is 12.8 Å². The van der Waals surface area contributed by atoms with E-state index in [0.717, 1.165) is 18.6 Å². The van der Waals surface area contributed by atoms with Crippen LogP contribution in [0.15, 0.2) is 30.3 Å². The van der Waals surface area contributed by atoms with Gasteiger partial charge in [0.05, 0.1) is 0 Å². The highest BCUT2D eigenvalue weighted by atomic mass is 16.5. The Morgan fingerprint density at radius 3 is 2.50 bits per heavy atom. The average Bonchev–Trinajstić information content (AvgIpc) is 2.23. The van der Waals surface area contributed by atoms with Crippen LogP contribution in [0.3, 0.4) is 0 Å². The van der Waals surface area contributed by atoms with Crippen LogP contribution in [0.25, 0.3) is 0 Å². The fourth-order valence-electron chi connectivity index (χ4n) is 1.95. The van der Waals surface area contributed by atoms with Crippen LogP contribution in [0.5, 0.6) is 5.75 Å². The minimum Gasteiger partial charge on any atom is -0.489 e. The molecule has 1 aromatic rings. The van der Waals surface area contributed by atoms with Crippen LogP contribution in [0.4, 0.5) is 0 Å². The number of hydrogen-bond donors (Lipinski definition) is 1. The van der Waals surface area contributed by atoms with Gasteiger partial charge in [0.15, 0.2) is 0 Å². The first kappa shape index (κ1) is 9.53. The van der Waals surface area contributed by atoms with E-state index in [0.29, 0.717) is 0 Å². The van der Waals surface area contributed by atoms with Gasteiger partial charge in [-0.15, -0.1) is 0 Å². The van der Waals surface area contributed by atoms with Crippen molar-refractivity contribution < 1.29 is 4.74 Å². The largest absolute Gasteiger partial charge is 0.489 e. The molecule has 1 saturated carbocycles. The Kier molecular flexibility index (Phi) is 3.04. The number of ether oxygens (including phenoxy) is 1. The summed E-state index contributed by atoms with van der Waals surface area (Å²) in [4.78, 5) is 0. The number of nitrogens with two attached hydrogens (primary N) is 1. The predicted molar refractivity (Wildman–Crippen MR) is 57.3 cm³/mol. The summed E-state index contributed by atoms with van der Waals surface area (Å²) in [6, 6.07) is 10.2. The van der Waals surface area contributed by atoms with Crippen LogP contribution >= 0.6 is 0 Å². The zero-order valence-electron chi connectivity index (χ0n) is 8.36. The van der Waals surface area contributed by atoms with Crippen molar-refractivity contribution in [3.05, 3.63) is 30.3 Å². The summed E-state index contributed by atoms with van der Waals surface area (Å²) in [6.45, 7) is 0. The van der Waals surface area contributed by atoms with Crippen LogP contribution in [-0.2, 0) is 0 Å². The number of para-hydroxylation sites is 1. The van der Waals surface area contributed by atoms with Crippen LogP contribution in [0.1, 0.15) is 25.7 Å². The zero-order chi connectivity index (χ0) is 9.80. The molecule has 2 atom stereocenters. The summed E-state index contributed by atoms with van der Waals surface area (Å²) in [5, 5.41) is 0. The molecule has 1 aliphatic carbocycles. The quantitative estimate of drug-likeness (QED) is 0.778. The molecule has 1 aromatic carbocycles. The van der Waals surface area contributed by atoms with Gasteiger partial charge in [0.25, 0.3) is 0 Å². The second-order valence-electron chi connectivity index (χ2n) is 3.92. The van der Waals surface area contributed by atoms with E-state index in [2.05, 4.69) is 0 Å². The fraction of sp³-hybridized carbons (Fsp3) is 0.500. The van der Waals surface area contributed by atoms with Gasteiger partial charge in [-0.1, -0.05) is 24.6 Å². The summed E-state index contributed by atoms with van der Waals surface area (Å²) in [7, 11) is 0. The van der Waals surface area contributed by atoms with Crippen molar-refractivity contribution in [3.63, 3.8) is 0 Å². The summed E-state index contributed by atoms with van der Waals surface area (Å²) in [5.74, 6) is 0.940. The summed E-state index contributed by atoms with van der Waals surface area (Å²) in [6.07, 6.45) is 4.89. The molecule has 0 amide bonds. The maximum Gasteiger partial charge on any atom is 0.119 e. The van der Waals surface area contributed by atoms with E-state index in [9.17, 15) is 0 Å². The van der Waals surface area contributed by atoms with Crippen LogP contribution in [0.2, 0.25) is 0 Å². The van der Waals surface area contributed by atoms with Crippen molar-refractivity contribution in [1.82, 2.24) is 0 Å². The molecule has 0 radical (unpaired) electrons. The third-order valence-corrected chi connectivity index (χ3v) is 2.78. The van der Waals surface area contributed by atoms with E-state index in [-0.39, 0.29) is 12.1 Å². The van der Waals surface area contributed by atoms with E-state index in [1.807, 2.05) is 30.3 Å². The topological polar surface area (TPSA) is 35.2 Å². The highest BCUT2D eigenvalue weighted by Crippen LogP contribution is 2.22. The summed E-state index contributed by atoms with van der Waals surface area (Å²) < 4.78 is 5.84. The Hall–Kier alpha value is -1.02. The summed E-state index contributed by atoms with van der Waals surface area (Å²) >= 11 is 0. The normalized spacial score (nSPS) is 27.2. The molecule has 0 saturated heterocycles. The molecule has 0 heterocycles. The van der Waals surface area contributed by atoms with Gasteiger partial charge in [-0.2, -0.15) is 0 Å². The van der Waals surface area contributed by atoms with Crippen LogP contribution in [0, 0.1) is 0 Å². The van der Waals surface area contributed by atoms with E-state index >= 15 is 0 Å². The van der Waals surface area contributed by atoms with Crippen LogP contribution < -0.4 is 10.5 Å². The predicted octanol–water partition coefficient (Wildman–Crippen LogP) is 2.34. The van der Waals surface area contributed by atoms with Gasteiger partial charge in [0.1, 0.15) is 11.9 Å². The Morgan fingerprint density at radius 2 is 1.79 bits per heavy atom. The molecule has 0 aliphatic heterocycles. The molecule has 2 nitrogen and oxygen atoms in total. The minimum absolute atomic E-state index is 0.212. The number of rotatable bonds is 2. The lowest BCUT2D eigenvalue weighted by Crippen LogP contribution is -2.41. The van der Waals surface area contributed by atoms with Crippen molar-refractivity contribution in [2.75, 3.05) is 0 Å². The first-order chi connectivity index (χ1) is 6.86. The minimum atomic E-state index is 0.212. The molecular formula is C12H17NO. The maximum atomic E-state index is 6.00. The van der Waals surface area contributed by atoms with Crippen molar-refractivity contribution >= 4 is 0 Å². The van der Waals surface area contributed by atoms with Crippen LogP contribution in [-0.4, -0.2) is 12.1 Å². The molecule has 2 heteroatoms. The highest BCUT2D eigenvalue weighted by molar-refractivity contribution is 5.21. The molecule has 0 unspecified atom stereocenters. The standard InChI is InChI=1S/C12H17NO/c13-11-8-4-5-9-12(11)14-10-6-2-1-3-7-10/h1-3,6-7,11-12H,4-5,8-9,13H2/t11-,12-/m0/s1. The van der Waals surface area contributed by atoms with E-state index in [1.54, 1.807) is 0 Å². The molecular weight excluding hydrogens is 174 g/mol. The van der Waals surface area contributed by atoms with E-state index < -0.39 is 0 Å². The smallest absolute Gasteiger partial charge is 0.119 e. The summed E-state index contributed by atoms with van der Waals surface area (Å²) in [5.41, 5.74) is 6.00. The third kappa shape index (κ3) is 2.26. The number of hydrogen-bond acceptors (Lipinski definition) is 2. The third-order valence-electron chi connectivity index (χ3n) is 2.78. The maximum absolute atomic E-state index is 6.00. The number of benzene rings is 1. The molecule has 2 N–H and O–H groups in total. The Labute approximate surface area is 85.1 Å². The van der Waals surface area contributed by atoms with Gasteiger partial charge >= 0.3 is 0 Å². The second kappa shape index (κ2) is 4.47. The van der Waals surface area contributed by atoms with Gasteiger partial charge in [-0.3, -0.25) is 0 Å². The molecule has 1 aliphatic rings. The van der Waals surface area contributed by atoms with Crippen molar-refractivity contribution in [3.8, 4) is 5.75 Å². The lowest BCUT2D eigenvalue weighted by molar-refractivity contribution is 0.132. The van der Waals surface area contributed by atoms with Gasteiger partial charge in [-0.25, -0.2) is 0 Å². The highest BCUT2D eigenvalue weighted by Gasteiger charge is 2.22. The molecule has 76 valence electrons. The fourth-order valence-corrected chi connectivity index (χ4v) is 1.95. The molecule has 0 bridgehead atoms. The SMILES string of the molecule is N[C@H]1CCCC[C@@H]1Oc1ccccc1. The molecule has 14 heavy (non-hydrogen) atoms. The van der Waals surface area contributed by atoms with Crippen molar-refractivity contribution in [2.45, 2.75) is 37.8 Å².